The lowest BCUT2D eigenvalue weighted by molar-refractivity contribution is -0.383. The van der Waals surface area contributed by atoms with E-state index in [2.05, 4.69) is 14.2 Å². The fourth-order valence-electron chi connectivity index (χ4n) is 3.82. The van der Waals surface area contributed by atoms with Crippen LogP contribution in [-0.2, 0) is 42.8 Å². The van der Waals surface area contributed by atoms with Crippen LogP contribution in [0.15, 0.2) is 0 Å². The number of esters is 3. The molecule has 12 atom stereocenters. The molecule has 0 saturated carbocycles. The van der Waals surface area contributed by atoms with Crippen molar-refractivity contribution in [2.24, 2.45) is 0 Å². The minimum absolute atomic E-state index is 0.365. The molecule has 3 fully saturated rings. The van der Waals surface area contributed by atoms with E-state index in [0.717, 1.165) is 0 Å². The van der Waals surface area contributed by atoms with E-state index in [9.17, 15) is 50.1 Å². The zero-order valence-electron chi connectivity index (χ0n) is 24.9. The third-order valence-corrected chi connectivity index (χ3v) is 6.66. The van der Waals surface area contributed by atoms with E-state index in [1.54, 1.807) is 0 Å². The second kappa shape index (κ2) is 19.8. The Balaban J connectivity index is 0.000000416. The third-order valence-electron chi connectivity index (χ3n) is 6.66. The van der Waals surface area contributed by atoms with Crippen molar-refractivity contribution in [2.75, 3.05) is 52.9 Å². The molecule has 0 bridgehead atoms. The van der Waals surface area contributed by atoms with Crippen molar-refractivity contribution < 1.29 is 119 Å². The Morgan fingerprint density at radius 3 is 1.62 bits per heavy atom. The summed E-state index contributed by atoms with van der Waals surface area (Å²) in [7, 11) is 0. The Bertz CT molecular complexity index is 993. The van der Waals surface area contributed by atoms with Crippen LogP contribution >= 0.6 is 0 Å². The maximum absolute atomic E-state index is 11.4. The SMILES string of the molecule is O=C1OC(O)(CO)C(=O)OC(CO)C(=O)OC1CO.OCC(O)CO.OC[C@H]1OC(CO)(O[C@H]2O[C@H](CO)[C@@H](O)[C@H](O)[C@H]2O)[C@@H](O)[C@@H]1O. The molecular formula is C24H42O24. The molecule has 3 aliphatic heterocycles. The monoisotopic (exact) mass is 714 g/mol. The number of aliphatic hydroxyl groups is 15. The van der Waals surface area contributed by atoms with Gasteiger partial charge in [0.2, 0.25) is 18.0 Å². The Morgan fingerprint density at radius 1 is 0.667 bits per heavy atom. The highest BCUT2D eigenvalue weighted by molar-refractivity contribution is 5.89. The highest BCUT2D eigenvalue weighted by atomic mass is 16.8. The highest BCUT2D eigenvalue weighted by Crippen LogP contribution is 2.35. The van der Waals surface area contributed by atoms with E-state index in [-0.39, 0.29) is 13.2 Å². The summed E-state index contributed by atoms with van der Waals surface area (Å²) in [6, 6.07) is 0. The quantitative estimate of drug-likeness (QED) is 0.0737. The van der Waals surface area contributed by atoms with Crippen LogP contribution in [0.2, 0.25) is 0 Å². The number of ether oxygens (including phenoxy) is 6. The fraction of sp³-hybridized carbons (Fsp3) is 0.875. The summed E-state index contributed by atoms with van der Waals surface area (Å²) in [5.74, 6) is -9.69. The molecule has 0 spiro atoms. The molecule has 0 radical (unpaired) electrons. The number of carbonyl (C=O) groups excluding carboxylic acids is 3. The number of hydrogen-bond donors (Lipinski definition) is 15. The van der Waals surface area contributed by atoms with E-state index in [0.29, 0.717) is 0 Å². The van der Waals surface area contributed by atoms with E-state index in [1.165, 1.54) is 0 Å². The Morgan fingerprint density at radius 2 is 1.21 bits per heavy atom. The summed E-state index contributed by atoms with van der Waals surface area (Å²) in [4.78, 5) is 34.2. The summed E-state index contributed by atoms with van der Waals surface area (Å²) in [5, 5.41) is 137. The standard InChI is InChI=1S/C12H22O11.C9H12O10.C3H8O3/c13-1-4-6(16)8(18)9(19)11(21-4)23-12(3-15)10(20)7(17)5(2-14)22-12;10-1-4-6(13)17-5(2-11)7(14)19-9(16,3-12)8(15)18-4;4-1-3(6)2-5/h4-11,13-20H,1-3H2;4-5,10-12,16H,1-3H2;3-6H,1-2H2/t4-,5-,6-,7-,8+,9-,10+,11-,12?;;/m1../s1. The molecule has 3 heterocycles. The molecule has 282 valence electrons. The van der Waals surface area contributed by atoms with Crippen molar-refractivity contribution in [3.8, 4) is 0 Å². The van der Waals surface area contributed by atoms with E-state index >= 15 is 0 Å². The average molecular weight is 715 g/mol. The third kappa shape index (κ3) is 10.6. The van der Waals surface area contributed by atoms with Crippen LogP contribution in [0.3, 0.4) is 0 Å². The lowest BCUT2D eigenvalue weighted by Gasteiger charge is -2.43. The van der Waals surface area contributed by atoms with Crippen LogP contribution < -0.4 is 0 Å². The number of hydrogen-bond acceptors (Lipinski definition) is 24. The molecule has 4 unspecified atom stereocenters. The van der Waals surface area contributed by atoms with Gasteiger partial charge in [0, 0.05) is 0 Å². The van der Waals surface area contributed by atoms with Crippen LogP contribution in [0.1, 0.15) is 0 Å². The normalized spacial score (nSPS) is 38.6. The molecule has 48 heavy (non-hydrogen) atoms. The topological polar surface area (TPSA) is 410 Å². The van der Waals surface area contributed by atoms with Crippen molar-refractivity contribution in [1.82, 2.24) is 0 Å². The van der Waals surface area contributed by atoms with Crippen LogP contribution in [0, 0.1) is 0 Å². The van der Waals surface area contributed by atoms with E-state index < -0.39 is 136 Å². The van der Waals surface area contributed by atoms with Gasteiger partial charge in [0.15, 0.2) is 6.29 Å². The molecular weight excluding hydrogens is 672 g/mol. The van der Waals surface area contributed by atoms with Crippen LogP contribution in [0.25, 0.3) is 0 Å². The summed E-state index contributed by atoms with van der Waals surface area (Å²) in [5.41, 5.74) is 0. The molecule has 3 saturated heterocycles. The Kier molecular flexibility index (Phi) is 18.0. The second-order valence-electron chi connectivity index (χ2n) is 10.1. The Hall–Kier alpha value is -2.31. The molecule has 0 amide bonds. The largest absolute Gasteiger partial charge is 0.445 e. The van der Waals surface area contributed by atoms with Gasteiger partial charge in [-0.15, -0.1) is 0 Å². The minimum atomic E-state index is -3.05. The maximum atomic E-state index is 11.4. The predicted octanol–water partition coefficient (Wildman–Crippen LogP) is -11.0. The van der Waals surface area contributed by atoms with Gasteiger partial charge in [-0.3, -0.25) is 0 Å². The van der Waals surface area contributed by atoms with Gasteiger partial charge in [0.1, 0.15) is 62.0 Å². The zero-order valence-corrected chi connectivity index (χ0v) is 24.9. The fourth-order valence-corrected chi connectivity index (χ4v) is 3.82. The van der Waals surface area contributed by atoms with Gasteiger partial charge in [-0.2, -0.15) is 0 Å². The first-order valence-corrected chi connectivity index (χ1v) is 13.8. The summed E-state index contributed by atoms with van der Waals surface area (Å²) in [6.45, 7) is -6.37. The predicted molar refractivity (Wildman–Crippen MR) is 141 cm³/mol. The molecule has 0 aromatic heterocycles. The molecule has 0 aromatic rings. The van der Waals surface area contributed by atoms with Crippen molar-refractivity contribution in [3.63, 3.8) is 0 Å². The molecule has 0 aliphatic carbocycles. The first-order chi connectivity index (χ1) is 22.5. The van der Waals surface area contributed by atoms with E-state index in [4.69, 9.17) is 55.1 Å². The number of cyclic esters (lactones) is 3. The van der Waals surface area contributed by atoms with Crippen LogP contribution in [-0.4, -0.2) is 226 Å². The second-order valence-corrected chi connectivity index (χ2v) is 10.1. The molecule has 3 aliphatic rings. The van der Waals surface area contributed by atoms with Crippen molar-refractivity contribution in [2.45, 2.75) is 78.9 Å². The maximum Gasteiger partial charge on any atom is 0.383 e. The molecule has 0 aromatic carbocycles. The summed E-state index contributed by atoms with van der Waals surface area (Å²) < 4.78 is 28.5. The lowest BCUT2D eigenvalue weighted by Crippen LogP contribution is -2.62. The van der Waals surface area contributed by atoms with Gasteiger partial charge >= 0.3 is 23.7 Å². The van der Waals surface area contributed by atoms with Gasteiger partial charge in [0.25, 0.3) is 0 Å². The van der Waals surface area contributed by atoms with Crippen LogP contribution in [0.4, 0.5) is 0 Å². The highest BCUT2D eigenvalue weighted by Gasteiger charge is 2.58. The lowest BCUT2D eigenvalue weighted by atomic mass is 9.99. The number of carbonyl (C=O) groups is 3. The van der Waals surface area contributed by atoms with Gasteiger partial charge in [0.05, 0.1) is 39.6 Å². The van der Waals surface area contributed by atoms with E-state index in [1.807, 2.05) is 0 Å². The zero-order chi connectivity index (χ0) is 37.0. The Labute approximate surface area is 269 Å². The van der Waals surface area contributed by atoms with Crippen molar-refractivity contribution in [1.29, 1.82) is 0 Å². The number of rotatable bonds is 10. The van der Waals surface area contributed by atoms with Gasteiger partial charge < -0.3 is 105 Å². The van der Waals surface area contributed by atoms with Gasteiger partial charge in [-0.1, -0.05) is 0 Å². The van der Waals surface area contributed by atoms with Gasteiger partial charge in [-0.05, 0) is 0 Å². The van der Waals surface area contributed by atoms with Crippen molar-refractivity contribution >= 4 is 17.9 Å². The average Bonchev–Trinajstić information content (AvgIpc) is 3.35. The van der Waals surface area contributed by atoms with Crippen molar-refractivity contribution in [3.05, 3.63) is 0 Å². The van der Waals surface area contributed by atoms with Gasteiger partial charge in [-0.25, -0.2) is 14.4 Å². The van der Waals surface area contributed by atoms with Crippen LogP contribution in [0.5, 0.6) is 0 Å². The smallest absolute Gasteiger partial charge is 0.383 e. The molecule has 24 heteroatoms. The first-order valence-electron chi connectivity index (χ1n) is 13.8. The summed E-state index contributed by atoms with van der Waals surface area (Å²) >= 11 is 0. The first kappa shape index (κ1) is 43.7. The molecule has 15 N–H and O–H groups in total. The summed E-state index contributed by atoms with van der Waals surface area (Å²) in [6.07, 6.45) is -17.3. The molecule has 24 nitrogen and oxygen atoms in total. The minimum Gasteiger partial charge on any atom is -0.445 e. The number of aliphatic hydroxyl groups excluding tert-OH is 14. The molecule has 3 rings (SSSR count).